The molecule has 1 aliphatic heterocycles. The zero-order valence-electron chi connectivity index (χ0n) is 16.6. The van der Waals surface area contributed by atoms with Crippen molar-refractivity contribution in [2.24, 2.45) is 0 Å². The van der Waals surface area contributed by atoms with Crippen LogP contribution in [0.5, 0.6) is 0 Å². The summed E-state index contributed by atoms with van der Waals surface area (Å²) in [6.07, 6.45) is 14.7. The van der Waals surface area contributed by atoms with Crippen LogP contribution in [0.1, 0.15) is 65.2 Å². The number of hydrogen-bond donors (Lipinski definition) is 1. The summed E-state index contributed by atoms with van der Waals surface area (Å²) in [7, 11) is 0. The molecule has 0 spiro atoms. The van der Waals surface area contributed by atoms with E-state index in [1.165, 1.54) is 44.9 Å². The molecule has 1 aliphatic carbocycles. The molecular weight excluding hydrogens is 338 g/mol. The minimum atomic E-state index is -0.307. The first-order valence-electron chi connectivity index (χ1n) is 10.5. The maximum Gasteiger partial charge on any atom is 0.292 e. The van der Waals surface area contributed by atoms with Crippen LogP contribution in [0.4, 0.5) is 11.4 Å². The van der Waals surface area contributed by atoms with Gasteiger partial charge in [0.25, 0.3) is 5.69 Å². The highest BCUT2D eigenvalue weighted by molar-refractivity contribution is 5.61. The van der Waals surface area contributed by atoms with E-state index in [2.05, 4.69) is 36.2 Å². The Morgan fingerprint density at radius 2 is 2.04 bits per heavy atom. The lowest BCUT2D eigenvalue weighted by Crippen LogP contribution is -2.44. The van der Waals surface area contributed by atoms with Crippen molar-refractivity contribution in [2.45, 2.75) is 89.4 Å². The van der Waals surface area contributed by atoms with E-state index >= 15 is 0 Å². The Bertz CT molecular complexity index is 661. The van der Waals surface area contributed by atoms with Gasteiger partial charge in [-0.2, -0.15) is 0 Å². The van der Waals surface area contributed by atoms with E-state index < -0.39 is 0 Å². The molecule has 2 aliphatic rings. The van der Waals surface area contributed by atoms with Gasteiger partial charge in [-0.3, -0.25) is 15.0 Å². The maximum absolute atomic E-state index is 11.3. The van der Waals surface area contributed by atoms with Crippen molar-refractivity contribution < 1.29 is 4.92 Å². The molecule has 1 N–H and O–H groups in total. The second kappa shape index (κ2) is 9.36. The first-order valence-corrected chi connectivity index (χ1v) is 10.5. The third-order valence-electron chi connectivity index (χ3n) is 6.09. The molecule has 2 unspecified atom stereocenters. The SMILES string of the molecule is CC1CC[C@@H](C[C@H](C)Nc2ccccc2[N+](=O)[O-])N1C1/C=C\CCCCC1. The monoisotopic (exact) mass is 371 g/mol. The molecule has 1 saturated heterocycles. The molecule has 3 rings (SSSR count). The number of rotatable bonds is 6. The molecule has 27 heavy (non-hydrogen) atoms. The van der Waals surface area contributed by atoms with Crippen LogP contribution in [0, 0.1) is 10.1 Å². The van der Waals surface area contributed by atoms with Crippen molar-refractivity contribution in [3.05, 3.63) is 46.5 Å². The highest BCUT2D eigenvalue weighted by Crippen LogP contribution is 2.33. The number of nitrogens with zero attached hydrogens (tertiary/aromatic N) is 2. The number of nitrogens with one attached hydrogen (secondary N) is 1. The smallest absolute Gasteiger partial charge is 0.292 e. The normalized spacial score (nSPS) is 28.9. The number of nitro groups is 1. The largest absolute Gasteiger partial charge is 0.377 e. The molecule has 5 heteroatoms. The van der Waals surface area contributed by atoms with E-state index in [9.17, 15) is 10.1 Å². The summed E-state index contributed by atoms with van der Waals surface area (Å²) in [4.78, 5) is 13.7. The average Bonchev–Trinajstić information content (AvgIpc) is 2.95. The molecule has 1 aromatic rings. The Hall–Kier alpha value is -1.88. The molecule has 1 heterocycles. The lowest BCUT2D eigenvalue weighted by atomic mass is 9.98. The van der Waals surface area contributed by atoms with Crippen molar-refractivity contribution in [1.82, 2.24) is 4.90 Å². The number of likely N-dealkylation sites (tertiary alicyclic amines) is 1. The predicted molar refractivity (Wildman–Crippen MR) is 111 cm³/mol. The summed E-state index contributed by atoms with van der Waals surface area (Å²) >= 11 is 0. The molecule has 5 nitrogen and oxygen atoms in total. The average molecular weight is 372 g/mol. The van der Waals surface area contributed by atoms with Crippen molar-refractivity contribution in [3.63, 3.8) is 0 Å². The third kappa shape index (κ3) is 5.10. The van der Waals surface area contributed by atoms with Crippen molar-refractivity contribution in [1.29, 1.82) is 0 Å². The number of para-hydroxylation sites is 2. The lowest BCUT2D eigenvalue weighted by molar-refractivity contribution is -0.384. The molecule has 0 aromatic heterocycles. The Kier molecular flexibility index (Phi) is 6.89. The molecule has 0 bridgehead atoms. The van der Waals surface area contributed by atoms with Crippen molar-refractivity contribution in [3.8, 4) is 0 Å². The van der Waals surface area contributed by atoms with E-state index in [4.69, 9.17) is 0 Å². The second-order valence-electron chi connectivity index (χ2n) is 8.22. The molecule has 0 radical (unpaired) electrons. The van der Waals surface area contributed by atoms with E-state index in [-0.39, 0.29) is 16.7 Å². The van der Waals surface area contributed by atoms with Crippen LogP contribution in [0.2, 0.25) is 0 Å². The van der Waals surface area contributed by atoms with Gasteiger partial charge in [-0.05, 0) is 58.4 Å². The van der Waals surface area contributed by atoms with Crippen LogP contribution >= 0.6 is 0 Å². The van der Waals surface area contributed by atoms with Gasteiger partial charge in [0.1, 0.15) is 5.69 Å². The fourth-order valence-electron chi connectivity index (χ4n) is 4.81. The van der Waals surface area contributed by atoms with Crippen molar-refractivity contribution >= 4 is 11.4 Å². The highest BCUT2D eigenvalue weighted by atomic mass is 16.6. The predicted octanol–water partition coefficient (Wildman–Crippen LogP) is 5.53. The van der Waals surface area contributed by atoms with Gasteiger partial charge in [-0.15, -0.1) is 0 Å². The Labute approximate surface area is 163 Å². The topological polar surface area (TPSA) is 58.4 Å². The van der Waals surface area contributed by atoms with Gasteiger partial charge < -0.3 is 5.32 Å². The van der Waals surface area contributed by atoms with E-state index in [0.717, 1.165) is 6.42 Å². The molecular formula is C22H33N3O2. The first kappa shape index (κ1) is 19.9. The molecule has 148 valence electrons. The molecule has 1 aromatic carbocycles. The highest BCUT2D eigenvalue weighted by Gasteiger charge is 2.35. The van der Waals surface area contributed by atoms with Crippen LogP contribution in [0.25, 0.3) is 0 Å². The van der Waals surface area contributed by atoms with Crippen LogP contribution in [-0.4, -0.2) is 34.0 Å². The number of hydrogen-bond acceptors (Lipinski definition) is 4. The van der Waals surface area contributed by atoms with Gasteiger partial charge in [-0.25, -0.2) is 0 Å². The molecule has 1 fully saturated rings. The van der Waals surface area contributed by atoms with Crippen LogP contribution in [0.3, 0.4) is 0 Å². The lowest BCUT2D eigenvalue weighted by Gasteiger charge is -2.36. The summed E-state index contributed by atoms with van der Waals surface area (Å²) in [5, 5.41) is 14.7. The van der Waals surface area contributed by atoms with Gasteiger partial charge in [0.2, 0.25) is 0 Å². The summed E-state index contributed by atoms with van der Waals surface area (Å²) in [6.45, 7) is 4.50. The van der Waals surface area contributed by atoms with Gasteiger partial charge in [0.05, 0.1) is 4.92 Å². The number of allylic oxidation sites excluding steroid dienone is 1. The van der Waals surface area contributed by atoms with Gasteiger partial charge in [0.15, 0.2) is 0 Å². The van der Waals surface area contributed by atoms with E-state index in [0.29, 0.717) is 23.8 Å². The maximum atomic E-state index is 11.3. The summed E-state index contributed by atoms with van der Waals surface area (Å²) in [6, 6.07) is 8.84. The zero-order valence-corrected chi connectivity index (χ0v) is 16.6. The summed E-state index contributed by atoms with van der Waals surface area (Å²) in [5.74, 6) is 0. The molecule has 0 saturated carbocycles. The second-order valence-corrected chi connectivity index (χ2v) is 8.22. The fourth-order valence-corrected chi connectivity index (χ4v) is 4.81. The van der Waals surface area contributed by atoms with Gasteiger partial charge >= 0.3 is 0 Å². The fraction of sp³-hybridized carbons (Fsp3) is 0.636. The Morgan fingerprint density at radius 3 is 2.85 bits per heavy atom. The summed E-state index contributed by atoms with van der Waals surface area (Å²) in [5.41, 5.74) is 0.780. The minimum absolute atomic E-state index is 0.156. The first-order chi connectivity index (χ1) is 13.1. The van der Waals surface area contributed by atoms with Crippen LogP contribution in [-0.2, 0) is 0 Å². The van der Waals surface area contributed by atoms with Crippen LogP contribution < -0.4 is 5.32 Å². The minimum Gasteiger partial charge on any atom is -0.377 e. The van der Waals surface area contributed by atoms with Gasteiger partial charge in [0, 0.05) is 30.2 Å². The molecule has 0 amide bonds. The quantitative estimate of drug-likeness (QED) is 0.406. The summed E-state index contributed by atoms with van der Waals surface area (Å²) < 4.78 is 0. The Morgan fingerprint density at radius 1 is 1.22 bits per heavy atom. The standard InChI is InChI=1S/C22H33N3O2/c1-17(23-21-12-8-9-13-22(21)25(26)27)16-20-15-14-18(2)24(20)19-10-6-4-3-5-7-11-19/h6,8-10,12-13,17-20,23H,3-5,7,11,14-16H2,1-2H3/b10-6-/t17-,18?,19?,20-/m0/s1. The van der Waals surface area contributed by atoms with Crippen LogP contribution in [0.15, 0.2) is 36.4 Å². The zero-order chi connectivity index (χ0) is 19.2. The van der Waals surface area contributed by atoms with E-state index in [1.807, 2.05) is 6.07 Å². The van der Waals surface area contributed by atoms with Gasteiger partial charge in [-0.1, -0.05) is 37.1 Å². The Balaban J connectivity index is 1.66. The number of benzene rings is 1. The van der Waals surface area contributed by atoms with Crippen molar-refractivity contribution in [2.75, 3.05) is 5.32 Å². The number of nitro benzene ring substituents is 1. The third-order valence-corrected chi connectivity index (χ3v) is 6.09. The molecule has 4 atom stereocenters. The van der Waals surface area contributed by atoms with E-state index in [1.54, 1.807) is 18.2 Å². The number of anilines is 1.